The monoisotopic (exact) mass is 319 g/mol. The van der Waals surface area contributed by atoms with Gasteiger partial charge in [-0.05, 0) is 55.7 Å². The van der Waals surface area contributed by atoms with Gasteiger partial charge in [-0.3, -0.25) is 0 Å². The Labute approximate surface area is 122 Å². The lowest BCUT2D eigenvalue weighted by Crippen LogP contribution is -2.18. The quantitative estimate of drug-likeness (QED) is 0.869. The van der Waals surface area contributed by atoms with E-state index in [1.807, 2.05) is 12.1 Å². The minimum atomic E-state index is 0.312. The molecule has 0 heterocycles. The molecule has 2 aromatic carbocycles. The topological polar surface area (TPSA) is 32.3 Å². The second kappa shape index (κ2) is 6.11. The summed E-state index contributed by atoms with van der Waals surface area (Å²) in [7, 11) is 0. The molecule has 100 valence electrons. The van der Waals surface area contributed by atoms with E-state index in [0.29, 0.717) is 11.8 Å². The van der Waals surface area contributed by atoms with Crippen molar-refractivity contribution in [3.63, 3.8) is 0 Å². The van der Waals surface area contributed by atoms with Crippen molar-refractivity contribution in [2.45, 2.75) is 26.3 Å². The van der Waals surface area contributed by atoms with Crippen LogP contribution < -0.4 is 5.32 Å². The van der Waals surface area contributed by atoms with E-state index in [1.165, 1.54) is 11.1 Å². The highest BCUT2D eigenvalue weighted by molar-refractivity contribution is 9.10. The number of rotatable bonds is 4. The summed E-state index contributed by atoms with van der Waals surface area (Å²) >= 11 is 3.54. The van der Waals surface area contributed by atoms with Gasteiger partial charge in [-0.2, -0.15) is 0 Å². The summed E-state index contributed by atoms with van der Waals surface area (Å²) in [6.07, 6.45) is 0.922. The molecule has 1 atom stereocenters. The molecular weight excluding hydrogens is 302 g/mol. The number of halogens is 1. The van der Waals surface area contributed by atoms with Gasteiger partial charge in [0.15, 0.2) is 0 Å². The first kappa shape index (κ1) is 13.9. The minimum Gasteiger partial charge on any atom is -0.508 e. The molecular formula is C16H18BrNO. The van der Waals surface area contributed by atoms with Crippen molar-refractivity contribution in [1.82, 2.24) is 0 Å². The molecule has 1 unspecified atom stereocenters. The fourth-order valence-electron chi connectivity index (χ4n) is 2.00. The highest BCUT2D eigenvalue weighted by Gasteiger charge is 2.05. The zero-order chi connectivity index (χ0) is 13.8. The molecule has 0 aromatic heterocycles. The van der Waals surface area contributed by atoms with Crippen LogP contribution in [0.5, 0.6) is 5.75 Å². The van der Waals surface area contributed by atoms with E-state index >= 15 is 0 Å². The van der Waals surface area contributed by atoms with Crippen LogP contribution in [0.3, 0.4) is 0 Å². The van der Waals surface area contributed by atoms with Crippen LogP contribution in [0, 0.1) is 6.92 Å². The van der Waals surface area contributed by atoms with Crippen LogP contribution in [-0.4, -0.2) is 11.1 Å². The molecule has 3 heteroatoms. The third-order valence-corrected chi connectivity index (χ3v) is 3.92. The second-order valence-corrected chi connectivity index (χ2v) is 5.73. The molecule has 19 heavy (non-hydrogen) atoms. The lowest BCUT2D eigenvalue weighted by atomic mass is 10.1. The first-order chi connectivity index (χ1) is 9.04. The summed E-state index contributed by atoms with van der Waals surface area (Å²) in [5, 5.41) is 12.7. The van der Waals surface area contributed by atoms with Gasteiger partial charge in [-0.1, -0.05) is 34.1 Å². The first-order valence-corrected chi connectivity index (χ1v) is 7.14. The lowest BCUT2D eigenvalue weighted by molar-refractivity contribution is 0.475. The Hall–Kier alpha value is -1.48. The van der Waals surface area contributed by atoms with Gasteiger partial charge in [0.05, 0.1) is 0 Å². The van der Waals surface area contributed by atoms with Crippen LogP contribution in [0.4, 0.5) is 5.69 Å². The Morgan fingerprint density at radius 2 is 1.84 bits per heavy atom. The Bertz CT molecular complexity index is 551. The van der Waals surface area contributed by atoms with Gasteiger partial charge in [0.1, 0.15) is 5.75 Å². The standard InChI is InChI=1S/C16H18BrNO/c1-11-3-6-14(10-16(11)17)18-12(2)9-13-4-7-15(19)8-5-13/h3-8,10,12,18-19H,9H2,1-2H3. The molecule has 0 spiro atoms. The smallest absolute Gasteiger partial charge is 0.115 e. The second-order valence-electron chi connectivity index (χ2n) is 4.88. The summed E-state index contributed by atoms with van der Waals surface area (Å²) in [5.41, 5.74) is 3.56. The van der Waals surface area contributed by atoms with Crippen LogP contribution in [0.25, 0.3) is 0 Å². The normalized spacial score (nSPS) is 12.2. The van der Waals surface area contributed by atoms with Crippen molar-refractivity contribution in [2.75, 3.05) is 5.32 Å². The molecule has 2 rings (SSSR count). The van der Waals surface area contributed by atoms with Crippen LogP contribution in [0.1, 0.15) is 18.1 Å². The zero-order valence-corrected chi connectivity index (χ0v) is 12.7. The number of phenols is 1. The molecule has 2 N–H and O–H groups in total. The molecule has 0 saturated carbocycles. The highest BCUT2D eigenvalue weighted by atomic mass is 79.9. The van der Waals surface area contributed by atoms with Crippen molar-refractivity contribution in [3.05, 3.63) is 58.1 Å². The predicted octanol–water partition coefficient (Wildman–Crippen LogP) is 4.51. The van der Waals surface area contributed by atoms with E-state index in [2.05, 4.69) is 53.3 Å². The summed E-state index contributed by atoms with van der Waals surface area (Å²) in [6, 6.07) is 14.0. The number of hydrogen-bond donors (Lipinski definition) is 2. The van der Waals surface area contributed by atoms with Gasteiger partial charge in [-0.15, -0.1) is 0 Å². The molecule has 0 saturated heterocycles. The number of aryl methyl sites for hydroxylation is 1. The van der Waals surface area contributed by atoms with Crippen molar-refractivity contribution in [1.29, 1.82) is 0 Å². The Morgan fingerprint density at radius 1 is 1.16 bits per heavy atom. The molecule has 0 aliphatic rings. The van der Waals surface area contributed by atoms with Crippen molar-refractivity contribution in [3.8, 4) is 5.75 Å². The first-order valence-electron chi connectivity index (χ1n) is 6.35. The number of anilines is 1. The average Bonchev–Trinajstić information content (AvgIpc) is 2.37. The Morgan fingerprint density at radius 3 is 2.47 bits per heavy atom. The Kier molecular flexibility index (Phi) is 4.48. The molecule has 0 aliphatic heterocycles. The van der Waals surface area contributed by atoms with Gasteiger partial charge in [0.25, 0.3) is 0 Å². The van der Waals surface area contributed by atoms with E-state index in [-0.39, 0.29) is 0 Å². The number of aromatic hydroxyl groups is 1. The molecule has 0 radical (unpaired) electrons. The Balaban J connectivity index is 1.98. The largest absolute Gasteiger partial charge is 0.508 e. The van der Waals surface area contributed by atoms with E-state index in [4.69, 9.17) is 0 Å². The summed E-state index contributed by atoms with van der Waals surface area (Å²) in [6.45, 7) is 4.23. The number of phenolic OH excluding ortho intramolecular Hbond substituents is 1. The maximum absolute atomic E-state index is 9.26. The van der Waals surface area contributed by atoms with Gasteiger partial charge in [-0.25, -0.2) is 0 Å². The number of hydrogen-bond acceptors (Lipinski definition) is 2. The molecule has 2 aromatic rings. The van der Waals surface area contributed by atoms with Gasteiger partial charge in [0.2, 0.25) is 0 Å². The van der Waals surface area contributed by atoms with Crippen LogP contribution >= 0.6 is 15.9 Å². The summed E-state index contributed by atoms with van der Waals surface area (Å²) in [4.78, 5) is 0. The minimum absolute atomic E-state index is 0.312. The maximum atomic E-state index is 9.26. The SMILES string of the molecule is Cc1ccc(NC(C)Cc2ccc(O)cc2)cc1Br. The molecule has 0 amide bonds. The van der Waals surface area contributed by atoms with Crippen LogP contribution in [0.2, 0.25) is 0 Å². The molecule has 2 nitrogen and oxygen atoms in total. The van der Waals surface area contributed by atoms with Crippen molar-refractivity contribution in [2.24, 2.45) is 0 Å². The third-order valence-electron chi connectivity index (χ3n) is 3.06. The summed E-state index contributed by atoms with van der Waals surface area (Å²) in [5.74, 6) is 0.312. The fraction of sp³-hybridized carbons (Fsp3) is 0.250. The summed E-state index contributed by atoms with van der Waals surface area (Å²) < 4.78 is 1.12. The number of nitrogens with one attached hydrogen (secondary N) is 1. The van der Waals surface area contributed by atoms with Crippen molar-refractivity contribution >= 4 is 21.6 Å². The van der Waals surface area contributed by atoms with E-state index in [1.54, 1.807) is 12.1 Å². The highest BCUT2D eigenvalue weighted by Crippen LogP contribution is 2.21. The third kappa shape index (κ3) is 4.00. The molecule has 0 aliphatic carbocycles. The maximum Gasteiger partial charge on any atom is 0.115 e. The predicted molar refractivity (Wildman–Crippen MR) is 83.8 cm³/mol. The molecule has 0 bridgehead atoms. The van der Waals surface area contributed by atoms with Crippen LogP contribution in [-0.2, 0) is 6.42 Å². The fourth-order valence-corrected chi connectivity index (χ4v) is 2.38. The molecule has 0 fully saturated rings. The van der Waals surface area contributed by atoms with Gasteiger partial charge >= 0.3 is 0 Å². The van der Waals surface area contributed by atoms with E-state index in [9.17, 15) is 5.11 Å². The van der Waals surface area contributed by atoms with Gasteiger partial charge in [0, 0.05) is 16.2 Å². The van der Waals surface area contributed by atoms with Crippen LogP contribution in [0.15, 0.2) is 46.9 Å². The zero-order valence-electron chi connectivity index (χ0n) is 11.2. The van der Waals surface area contributed by atoms with E-state index in [0.717, 1.165) is 16.6 Å². The average molecular weight is 320 g/mol. The number of benzene rings is 2. The van der Waals surface area contributed by atoms with Gasteiger partial charge < -0.3 is 10.4 Å². The van der Waals surface area contributed by atoms with E-state index < -0.39 is 0 Å². The van der Waals surface area contributed by atoms with Crippen molar-refractivity contribution < 1.29 is 5.11 Å². The lowest BCUT2D eigenvalue weighted by Gasteiger charge is -2.16.